The van der Waals surface area contributed by atoms with Crippen molar-refractivity contribution in [3.63, 3.8) is 0 Å². The molecule has 0 amide bonds. The number of ketones is 1. The van der Waals surface area contributed by atoms with Crippen molar-refractivity contribution in [2.45, 2.75) is 64.1 Å². The molecule has 2 aromatic carbocycles. The molecule has 0 spiro atoms. The average molecular weight is 507 g/mol. The van der Waals surface area contributed by atoms with Crippen molar-refractivity contribution in [3.05, 3.63) is 64.9 Å². The predicted octanol–water partition coefficient (Wildman–Crippen LogP) is 6.22. The van der Waals surface area contributed by atoms with E-state index in [1.165, 1.54) is 0 Å². The number of benzene rings is 2. The van der Waals surface area contributed by atoms with E-state index in [4.69, 9.17) is 16.0 Å². The fourth-order valence-electron chi connectivity index (χ4n) is 3.15. The van der Waals surface area contributed by atoms with Crippen molar-refractivity contribution in [2.24, 2.45) is 0 Å². The van der Waals surface area contributed by atoms with Crippen molar-refractivity contribution >= 4 is 46.8 Å². The Morgan fingerprint density at radius 2 is 1.70 bits per heavy atom. The zero-order valence-corrected chi connectivity index (χ0v) is 22.7. The van der Waals surface area contributed by atoms with Gasteiger partial charge in [0.05, 0.1) is 16.3 Å². The summed E-state index contributed by atoms with van der Waals surface area (Å²) < 4.78 is 33.4. The Labute approximate surface area is 202 Å². The molecular formula is C24H31ClN2O4SSi. The van der Waals surface area contributed by atoms with Gasteiger partial charge in [0.25, 0.3) is 0 Å². The summed E-state index contributed by atoms with van der Waals surface area (Å²) in [6, 6.07) is 14.2. The number of imidazole rings is 1. The van der Waals surface area contributed by atoms with Crippen molar-refractivity contribution in [2.75, 3.05) is 0 Å². The first-order valence-electron chi connectivity index (χ1n) is 10.9. The Bertz CT molecular complexity index is 1280. The second-order valence-electron chi connectivity index (χ2n) is 9.98. The summed E-state index contributed by atoms with van der Waals surface area (Å²) >= 11 is 6.19. The first-order chi connectivity index (χ1) is 15.2. The normalized spacial score (nSPS) is 14.1. The minimum atomic E-state index is -3.77. The molecule has 1 unspecified atom stereocenters. The molecule has 0 radical (unpaired) electrons. The van der Waals surface area contributed by atoms with E-state index in [1.807, 2.05) is 30.3 Å². The van der Waals surface area contributed by atoms with Gasteiger partial charge in [-0.3, -0.25) is 4.79 Å². The van der Waals surface area contributed by atoms with Crippen LogP contribution >= 0.6 is 11.6 Å². The molecule has 1 aromatic heterocycles. The predicted molar refractivity (Wildman–Crippen MR) is 136 cm³/mol. The van der Waals surface area contributed by atoms with Crippen LogP contribution in [-0.2, 0) is 14.4 Å². The summed E-state index contributed by atoms with van der Waals surface area (Å²) in [6.45, 7) is 13.7. The number of aromatic nitrogens is 2. The van der Waals surface area contributed by atoms with Gasteiger partial charge in [0, 0.05) is 5.56 Å². The Morgan fingerprint density at radius 3 is 2.24 bits per heavy atom. The van der Waals surface area contributed by atoms with Crippen molar-refractivity contribution in [1.29, 1.82) is 0 Å². The SMILES string of the molecule is CC(C)S(=O)(=O)n1c(Cl)nc2ccc(C(=O)C(O[Si](C)(C)C(C)(C)C)c3ccccc3)cc21. The highest BCUT2D eigenvalue weighted by atomic mass is 35.5. The number of carbonyl (C=O) groups is 1. The zero-order chi connectivity index (χ0) is 24.8. The number of Topliss-reactive ketones (excluding diaryl/α,β-unsaturated/α-hetero) is 1. The fourth-order valence-corrected chi connectivity index (χ4v) is 5.90. The Balaban J connectivity index is 2.15. The Kier molecular flexibility index (Phi) is 6.97. The Morgan fingerprint density at radius 1 is 1.09 bits per heavy atom. The third kappa shape index (κ3) is 4.94. The molecule has 1 heterocycles. The molecule has 6 nitrogen and oxygen atoms in total. The van der Waals surface area contributed by atoms with Gasteiger partial charge in [-0.2, -0.15) is 0 Å². The molecule has 0 aliphatic rings. The van der Waals surface area contributed by atoms with Gasteiger partial charge >= 0.3 is 0 Å². The van der Waals surface area contributed by atoms with E-state index in [-0.39, 0.29) is 21.6 Å². The molecule has 178 valence electrons. The largest absolute Gasteiger partial charge is 0.403 e. The lowest BCUT2D eigenvalue weighted by Gasteiger charge is -2.39. The van der Waals surface area contributed by atoms with Gasteiger partial charge in [0.2, 0.25) is 15.3 Å². The highest BCUT2D eigenvalue weighted by molar-refractivity contribution is 7.90. The van der Waals surface area contributed by atoms with Crippen LogP contribution in [0.4, 0.5) is 0 Å². The van der Waals surface area contributed by atoms with E-state index in [9.17, 15) is 13.2 Å². The number of hydrogen-bond acceptors (Lipinski definition) is 5. The molecule has 33 heavy (non-hydrogen) atoms. The Hall–Kier alpha value is -2.00. The molecule has 0 bridgehead atoms. The topological polar surface area (TPSA) is 78.3 Å². The molecule has 0 saturated heterocycles. The van der Waals surface area contributed by atoms with Gasteiger partial charge in [0.15, 0.2) is 14.1 Å². The molecule has 0 fully saturated rings. The summed E-state index contributed by atoms with van der Waals surface area (Å²) in [5, 5.41) is -0.951. The first-order valence-corrected chi connectivity index (χ1v) is 15.6. The summed E-state index contributed by atoms with van der Waals surface area (Å²) in [5.41, 5.74) is 1.78. The van der Waals surface area contributed by atoms with Crippen LogP contribution < -0.4 is 0 Å². The van der Waals surface area contributed by atoms with Crippen LogP contribution in [0.2, 0.25) is 23.4 Å². The van der Waals surface area contributed by atoms with Gasteiger partial charge in [-0.25, -0.2) is 17.4 Å². The molecular weight excluding hydrogens is 476 g/mol. The van der Waals surface area contributed by atoms with Crippen LogP contribution in [0.5, 0.6) is 0 Å². The molecule has 3 rings (SSSR count). The second-order valence-corrected chi connectivity index (χ2v) is 17.4. The molecule has 0 aliphatic carbocycles. The first kappa shape index (κ1) is 25.6. The van der Waals surface area contributed by atoms with Crippen LogP contribution in [-0.4, -0.2) is 36.7 Å². The van der Waals surface area contributed by atoms with E-state index >= 15 is 0 Å². The lowest BCUT2D eigenvalue weighted by molar-refractivity contribution is 0.0767. The maximum atomic E-state index is 13.8. The molecule has 1 atom stereocenters. The van der Waals surface area contributed by atoms with Gasteiger partial charge < -0.3 is 4.43 Å². The van der Waals surface area contributed by atoms with Gasteiger partial charge in [0.1, 0.15) is 6.10 Å². The fraction of sp³-hybridized carbons (Fsp3) is 0.417. The third-order valence-corrected chi connectivity index (χ3v) is 13.1. The van der Waals surface area contributed by atoms with E-state index in [0.29, 0.717) is 11.1 Å². The van der Waals surface area contributed by atoms with Crippen molar-refractivity contribution in [3.8, 4) is 0 Å². The molecule has 0 N–H and O–H groups in total. The molecule has 0 aliphatic heterocycles. The number of halogens is 1. The summed E-state index contributed by atoms with van der Waals surface area (Å²) in [6.07, 6.45) is -0.807. The van der Waals surface area contributed by atoms with Gasteiger partial charge in [-0.05, 0) is 67.3 Å². The maximum Gasteiger partial charge on any atom is 0.243 e. The third-order valence-electron chi connectivity index (χ3n) is 6.27. The summed E-state index contributed by atoms with van der Waals surface area (Å²) in [4.78, 5) is 18.0. The molecule has 0 saturated carbocycles. The average Bonchev–Trinajstić information content (AvgIpc) is 3.06. The van der Waals surface area contributed by atoms with E-state index < -0.39 is 29.7 Å². The highest BCUT2D eigenvalue weighted by Crippen LogP contribution is 2.40. The zero-order valence-electron chi connectivity index (χ0n) is 20.1. The van der Waals surface area contributed by atoms with E-state index in [1.54, 1.807) is 32.0 Å². The van der Waals surface area contributed by atoms with E-state index in [0.717, 1.165) is 9.54 Å². The van der Waals surface area contributed by atoms with Crippen molar-refractivity contribution in [1.82, 2.24) is 8.96 Å². The lowest BCUT2D eigenvalue weighted by Crippen LogP contribution is -2.43. The lowest BCUT2D eigenvalue weighted by atomic mass is 10.00. The van der Waals surface area contributed by atoms with Gasteiger partial charge in [-0.1, -0.05) is 51.1 Å². The summed E-state index contributed by atoms with van der Waals surface area (Å²) in [5.74, 6) is -0.237. The smallest absolute Gasteiger partial charge is 0.243 e. The van der Waals surface area contributed by atoms with Crippen LogP contribution in [0.3, 0.4) is 0 Å². The van der Waals surface area contributed by atoms with Crippen molar-refractivity contribution < 1.29 is 17.6 Å². The van der Waals surface area contributed by atoms with Gasteiger partial charge in [-0.15, -0.1) is 0 Å². The summed E-state index contributed by atoms with van der Waals surface area (Å²) in [7, 11) is -6.07. The number of fused-ring (bicyclic) bond motifs is 1. The minimum Gasteiger partial charge on any atom is -0.403 e. The number of nitrogens with zero attached hydrogens (tertiary/aromatic N) is 2. The number of carbonyl (C=O) groups excluding carboxylic acids is 1. The van der Waals surface area contributed by atoms with Crippen LogP contribution in [0.15, 0.2) is 48.5 Å². The van der Waals surface area contributed by atoms with Crippen LogP contribution in [0.25, 0.3) is 11.0 Å². The number of hydrogen-bond donors (Lipinski definition) is 0. The second kappa shape index (κ2) is 8.98. The number of rotatable bonds is 7. The van der Waals surface area contributed by atoms with Crippen LogP contribution in [0, 0.1) is 0 Å². The minimum absolute atomic E-state index is 0.0955. The highest BCUT2D eigenvalue weighted by Gasteiger charge is 2.41. The molecule has 9 heteroatoms. The quantitative estimate of drug-likeness (QED) is 0.280. The molecule has 3 aromatic rings. The van der Waals surface area contributed by atoms with Crippen LogP contribution in [0.1, 0.15) is 56.6 Å². The maximum absolute atomic E-state index is 13.8. The monoisotopic (exact) mass is 506 g/mol. The standard InChI is InChI=1S/C24H31ClN2O4SSi/c1-16(2)32(29,30)27-20-15-18(13-14-19(20)26-23(27)25)21(28)22(17-11-9-8-10-12-17)31-33(6,7)24(3,4)5/h8-16,22H,1-7H3. The van der Waals surface area contributed by atoms with E-state index in [2.05, 4.69) is 38.8 Å².